The molecule has 12 heteroatoms. The van der Waals surface area contributed by atoms with E-state index in [0.29, 0.717) is 51.2 Å². The van der Waals surface area contributed by atoms with E-state index >= 15 is 0 Å². The molecule has 2 heterocycles. The molecule has 6 atom stereocenters. The third-order valence-corrected chi connectivity index (χ3v) is 13.1. The van der Waals surface area contributed by atoms with Crippen LogP contribution in [0, 0.1) is 17.8 Å². The van der Waals surface area contributed by atoms with Crippen LogP contribution in [0.1, 0.15) is 134 Å². The molecule has 1 aromatic carbocycles. The average molecular weight is 854 g/mol. The molecule has 5 rings (SSSR count). The monoisotopic (exact) mass is 854 g/mol. The van der Waals surface area contributed by atoms with Gasteiger partial charge in [0.15, 0.2) is 0 Å². The zero-order chi connectivity index (χ0) is 43.3. The summed E-state index contributed by atoms with van der Waals surface area (Å²) >= 11 is 0. The van der Waals surface area contributed by atoms with Crippen LogP contribution in [0.2, 0.25) is 0 Å². The first kappa shape index (κ1) is 49.0. The molecule has 6 unspecified atom stereocenters. The summed E-state index contributed by atoms with van der Waals surface area (Å²) in [4.78, 5) is 25.0. The van der Waals surface area contributed by atoms with Gasteiger partial charge in [-0.25, -0.2) is 0 Å². The van der Waals surface area contributed by atoms with Gasteiger partial charge in [0.1, 0.15) is 30.8 Å². The molecule has 1 amide bonds. The fraction of sp³-hybridized carbons (Fsp3) is 0.755. The molecular weight excluding hydrogens is 775 g/mol. The topological polar surface area (TPSA) is 143 Å². The van der Waals surface area contributed by atoms with Crippen LogP contribution in [0.3, 0.4) is 0 Å². The lowest BCUT2D eigenvalue weighted by Gasteiger charge is -2.60. The fourth-order valence-corrected chi connectivity index (χ4v) is 9.98. The number of aliphatic hydroxyl groups is 3. The van der Waals surface area contributed by atoms with Crippen molar-refractivity contribution in [2.45, 2.75) is 141 Å². The lowest BCUT2D eigenvalue weighted by atomic mass is 9.55. The fourth-order valence-electron chi connectivity index (χ4n) is 9.98. The highest BCUT2D eigenvalue weighted by Gasteiger charge is 2.65. The maximum absolute atomic E-state index is 14.8. The van der Waals surface area contributed by atoms with Crippen molar-refractivity contribution in [2.75, 3.05) is 79.0 Å². The average Bonchev–Trinajstić information content (AvgIpc) is 4.10. The van der Waals surface area contributed by atoms with Crippen LogP contribution in [-0.2, 0) is 19.1 Å². The van der Waals surface area contributed by atoms with E-state index < -0.39 is 11.8 Å². The SMILES string of the molecule is C=CCOC12Oc3ccc(OCCN4CC4)cc3C3C(CCCCO)C(CCCCO)C=C(C(=NOCC)CC1N(CCOCCO)C(=O)CCCCCCCCCCC)C32. The van der Waals surface area contributed by atoms with E-state index in [-0.39, 0.29) is 69.2 Å². The Kier molecular flexibility index (Phi) is 21.4. The summed E-state index contributed by atoms with van der Waals surface area (Å²) in [6.07, 6.45) is 20.2. The van der Waals surface area contributed by atoms with E-state index in [1.54, 1.807) is 6.08 Å². The number of aliphatic hydroxyl groups excluding tert-OH is 3. The highest BCUT2D eigenvalue weighted by molar-refractivity contribution is 6.03. The molecule has 0 bridgehead atoms. The van der Waals surface area contributed by atoms with Gasteiger partial charge >= 0.3 is 0 Å². The number of carbonyl (C=O) groups excluding carboxylic acids is 1. The molecule has 2 aliphatic carbocycles. The van der Waals surface area contributed by atoms with Crippen LogP contribution in [0.5, 0.6) is 11.5 Å². The maximum atomic E-state index is 14.8. The first-order chi connectivity index (χ1) is 30.0. The second-order valence-electron chi connectivity index (χ2n) is 17.4. The summed E-state index contributed by atoms with van der Waals surface area (Å²) in [5.41, 5.74) is 2.86. The highest BCUT2D eigenvalue weighted by atomic mass is 16.7. The molecule has 2 fully saturated rings. The lowest BCUT2D eigenvalue weighted by Crippen LogP contribution is -2.70. The van der Waals surface area contributed by atoms with Crippen LogP contribution in [0.25, 0.3) is 0 Å². The van der Waals surface area contributed by atoms with Gasteiger partial charge in [-0.05, 0) is 74.6 Å². The Morgan fingerprint density at radius 1 is 0.934 bits per heavy atom. The van der Waals surface area contributed by atoms with Crippen molar-refractivity contribution < 1.29 is 43.9 Å². The number of hydrogen-bond donors (Lipinski definition) is 3. The number of nitrogens with zero attached hydrogens (tertiary/aromatic N) is 3. The van der Waals surface area contributed by atoms with Crippen LogP contribution in [0.15, 0.2) is 47.7 Å². The molecule has 1 saturated carbocycles. The minimum atomic E-state index is -1.32. The lowest BCUT2D eigenvalue weighted by molar-refractivity contribution is -0.258. The Morgan fingerprint density at radius 3 is 2.36 bits per heavy atom. The van der Waals surface area contributed by atoms with Gasteiger partial charge in [-0.15, -0.1) is 6.58 Å². The second kappa shape index (κ2) is 26.6. The predicted molar refractivity (Wildman–Crippen MR) is 240 cm³/mol. The Balaban J connectivity index is 1.60. The van der Waals surface area contributed by atoms with E-state index in [0.717, 1.165) is 87.2 Å². The van der Waals surface area contributed by atoms with E-state index in [2.05, 4.69) is 30.5 Å². The standard InChI is InChI=1S/C49H79N3O9/c1-4-7-8-9-10-11-12-13-14-21-46(56)52(27-32-57-34-30-55)45-37-43(50-60-6-3)41-35-38(19-15-17-28-53)40(20-16-18-29-54)47-42-36-39(58-33-26-51-24-25-51)22-23-44(42)61-49(45,48(41)47)59-31-5-2/h5,22-23,35-36,38,40,45,47-48,53-55H,2,4,6-21,24-34,37H2,1,3H3. The van der Waals surface area contributed by atoms with E-state index in [1.165, 1.54) is 38.5 Å². The third kappa shape index (κ3) is 13.7. The van der Waals surface area contributed by atoms with Gasteiger partial charge in [-0.1, -0.05) is 88.4 Å². The summed E-state index contributed by atoms with van der Waals surface area (Å²) in [6.45, 7) is 13.4. The number of hydrogen-bond acceptors (Lipinski definition) is 11. The molecule has 0 spiro atoms. The van der Waals surface area contributed by atoms with Crippen molar-refractivity contribution in [3.8, 4) is 11.5 Å². The summed E-state index contributed by atoms with van der Waals surface area (Å²) in [5, 5.41) is 34.2. The van der Waals surface area contributed by atoms with E-state index in [4.69, 9.17) is 28.9 Å². The van der Waals surface area contributed by atoms with Crippen molar-refractivity contribution >= 4 is 11.6 Å². The Bertz CT molecular complexity index is 1520. The van der Waals surface area contributed by atoms with Crippen LogP contribution < -0.4 is 9.47 Å². The minimum absolute atomic E-state index is 0.0172. The number of ether oxygens (including phenoxy) is 4. The number of allylic oxidation sites excluding steroid dienone is 1. The van der Waals surface area contributed by atoms with Gasteiger partial charge in [0.05, 0.1) is 38.1 Å². The minimum Gasteiger partial charge on any atom is -0.492 e. The predicted octanol–water partition coefficient (Wildman–Crippen LogP) is 7.79. The summed E-state index contributed by atoms with van der Waals surface area (Å²) in [5.74, 6) is -0.00498. The van der Waals surface area contributed by atoms with Crippen molar-refractivity contribution in [2.24, 2.45) is 22.9 Å². The quantitative estimate of drug-likeness (QED) is 0.0278. The van der Waals surface area contributed by atoms with Crippen molar-refractivity contribution in [1.82, 2.24) is 9.80 Å². The molecule has 3 N–H and O–H groups in total. The Morgan fingerprint density at radius 2 is 1.67 bits per heavy atom. The number of oxime groups is 1. The number of unbranched alkanes of at least 4 members (excludes halogenated alkanes) is 10. The third-order valence-electron chi connectivity index (χ3n) is 13.1. The summed E-state index contributed by atoms with van der Waals surface area (Å²) in [7, 11) is 0. The van der Waals surface area contributed by atoms with Gasteiger partial charge in [-0.2, -0.15) is 0 Å². The zero-order valence-corrected chi connectivity index (χ0v) is 37.6. The van der Waals surface area contributed by atoms with Crippen molar-refractivity contribution in [3.05, 3.63) is 48.1 Å². The van der Waals surface area contributed by atoms with Crippen LogP contribution in [-0.4, -0.2) is 128 Å². The first-order valence-electron chi connectivity index (χ1n) is 24.0. The summed E-state index contributed by atoms with van der Waals surface area (Å²) in [6, 6.07) is 5.56. The van der Waals surface area contributed by atoms with Gasteiger partial charge in [0.25, 0.3) is 0 Å². The number of fused-ring (bicyclic) bond motifs is 2. The van der Waals surface area contributed by atoms with E-state index in [1.807, 2.05) is 24.0 Å². The Labute approximate surface area is 366 Å². The molecule has 12 nitrogen and oxygen atoms in total. The molecule has 2 aliphatic heterocycles. The van der Waals surface area contributed by atoms with E-state index in [9.17, 15) is 20.1 Å². The van der Waals surface area contributed by atoms with Crippen LogP contribution >= 0.6 is 0 Å². The van der Waals surface area contributed by atoms with Gasteiger partial charge < -0.3 is 44.0 Å². The number of carbonyl (C=O) groups is 1. The number of amides is 1. The maximum Gasteiger partial charge on any atom is 0.239 e. The summed E-state index contributed by atoms with van der Waals surface area (Å²) < 4.78 is 26.7. The molecule has 1 aromatic rings. The normalized spacial score (nSPS) is 24.7. The molecule has 4 aliphatic rings. The smallest absolute Gasteiger partial charge is 0.239 e. The van der Waals surface area contributed by atoms with Crippen molar-refractivity contribution in [3.63, 3.8) is 0 Å². The largest absolute Gasteiger partial charge is 0.492 e. The molecule has 0 aromatic heterocycles. The van der Waals surface area contributed by atoms with Crippen LogP contribution in [0.4, 0.5) is 0 Å². The second-order valence-corrected chi connectivity index (χ2v) is 17.4. The number of benzene rings is 1. The van der Waals surface area contributed by atoms with Gasteiger partial charge in [0.2, 0.25) is 11.7 Å². The molecule has 1 saturated heterocycles. The molecular formula is C49H79N3O9. The van der Waals surface area contributed by atoms with Gasteiger partial charge in [-0.3, -0.25) is 9.69 Å². The Hall–Kier alpha value is -3.00. The number of rotatable bonds is 33. The molecule has 344 valence electrons. The highest BCUT2D eigenvalue weighted by Crippen LogP contribution is 2.62. The van der Waals surface area contributed by atoms with Crippen molar-refractivity contribution in [1.29, 1.82) is 0 Å². The molecule has 61 heavy (non-hydrogen) atoms. The first-order valence-corrected chi connectivity index (χ1v) is 24.0. The zero-order valence-electron chi connectivity index (χ0n) is 37.6. The molecule has 0 radical (unpaired) electrons. The van der Waals surface area contributed by atoms with Gasteiger partial charge in [0, 0.05) is 63.7 Å².